The van der Waals surface area contributed by atoms with Gasteiger partial charge in [-0.15, -0.1) is 11.8 Å². The smallest absolute Gasteiger partial charge is 0.244 e. The average Bonchev–Trinajstić information content (AvgIpc) is 3.47. The Kier molecular flexibility index (Phi) is 7.81. The second kappa shape index (κ2) is 10.9. The fourth-order valence-corrected chi connectivity index (χ4v) is 9.12. The molecule has 1 aromatic carbocycles. The molecule has 0 radical (unpaired) electrons. The Balaban J connectivity index is 1.34. The Bertz CT molecular complexity index is 1010. The van der Waals surface area contributed by atoms with Crippen LogP contribution in [-0.2, 0) is 25.7 Å². The zero-order chi connectivity index (χ0) is 26.0. The van der Waals surface area contributed by atoms with Gasteiger partial charge in [0.05, 0.1) is 29.8 Å². The van der Waals surface area contributed by atoms with E-state index in [0.29, 0.717) is 39.3 Å². The number of carbonyl (C=O) groups excluding carboxylic acids is 3. The van der Waals surface area contributed by atoms with Gasteiger partial charge in [-0.3, -0.25) is 19.3 Å². The third-order valence-corrected chi connectivity index (χ3v) is 10.5. The molecule has 202 valence electrons. The van der Waals surface area contributed by atoms with Crippen LogP contribution in [0.5, 0.6) is 0 Å². The van der Waals surface area contributed by atoms with Gasteiger partial charge in [-0.05, 0) is 31.7 Å². The first-order valence-electron chi connectivity index (χ1n) is 13.4. The van der Waals surface area contributed by atoms with Gasteiger partial charge in [0.25, 0.3) is 0 Å². The molecule has 4 aliphatic heterocycles. The summed E-state index contributed by atoms with van der Waals surface area (Å²) in [7, 11) is 0. The molecular formula is C27H38N4O5S. The van der Waals surface area contributed by atoms with Crippen molar-refractivity contribution in [2.45, 2.75) is 48.3 Å². The maximum Gasteiger partial charge on any atom is 0.244 e. The molecule has 0 aliphatic carbocycles. The van der Waals surface area contributed by atoms with E-state index in [-0.39, 0.29) is 24.3 Å². The number of likely N-dealkylation sites (tertiary alicyclic amines) is 1. The molecule has 0 saturated carbocycles. The molecule has 5 rings (SSSR count). The third-order valence-electron chi connectivity index (χ3n) is 8.51. The Morgan fingerprint density at radius 3 is 2.59 bits per heavy atom. The number of carbonyl (C=O) groups is 3. The fourth-order valence-electron chi connectivity index (χ4n) is 6.76. The summed E-state index contributed by atoms with van der Waals surface area (Å²) in [5.74, 6) is -1.43. The number of fused-ring (bicyclic) bond motifs is 1. The van der Waals surface area contributed by atoms with Gasteiger partial charge in [-0.2, -0.15) is 0 Å². The zero-order valence-electron chi connectivity index (χ0n) is 21.5. The van der Waals surface area contributed by atoms with Crippen LogP contribution in [0.4, 0.5) is 0 Å². The molecule has 5 atom stereocenters. The molecule has 2 unspecified atom stereocenters. The number of aliphatic hydroxyl groups is 1. The highest BCUT2D eigenvalue weighted by Gasteiger charge is 2.76. The molecular weight excluding hydrogens is 492 g/mol. The highest BCUT2D eigenvalue weighted by atomic mass is 32.2. The second-order valence-corrected chi connectivity index (χ2v) is 12.7. The summed E-state index contributed by atoms with van der Waals surface area (Å²) >= 11 is 1.68. The molecule has 37 heavy (non-hydrogen) atoms. The monoisotopic (exact) mass is 530 g/mol. The van der Waals surface area contributed by atoms with Gasteiger partial charge in [0.1, 0.15) is 6.04 Å². The van der Waals surface area contributed by atoms with Crippen LogP contribution in [0.1, 0.15) is 31.7 Å². The first-order valence-corrected chi connectivity index (χ1v) is 14.2. The van der Waals surface area contributed by atoms with Crippen molar-refractivity contribution in [3.63, 3.8) is 0 Å². The van der Waals surface area contributed by atoms with Crippen molar-refractivity contribution >= 4 is 29.5 Å². The number of hydrogen-bond donors (Lipinski definition) is 3. The molecule has 9 nitrogen and oxygen atoms in total. The normalized spacial score (nSPS) is 33.0. The van der Waals surface area contributed by atoms with Crippen LogP contribution in [0.3, 0.4) is 0 Å². The second-order valence-electron chi connectivity index (χ2n) is 10.8. The average molecular weight is 531 g/mol. The Hall–Kier alpha value is -2.14. The van der Waals surface area contributed by atoms with Crippen LogP contribution in [0, 0.1) is 11.8 Å². The minimum atomic E-state index is -0.639. The fraction of sp³-hybridized carbons (Fsp3) is 0.667. The van der Waals surface area contributed by atoms with Gasteiger partial charge in [0.15, 0.2) is 0 Å². The van der Waals surface area contributed by atoms with Crippen molar-refractivity contribution in [2.75, 3.05) is 52.5 Å². The molecule has 1 aromatic rings. The lowest BCUT2D eigenvalue weighted by atomic mass is 9.66. The first-order chi connectivity index (χ1) is 17.9. The predicted molar refractivity (Wildman–Crippen MR) is 141 cm³/mol. The van der Waals surface area contributed by atoms with Gasteiger partial charge < -0.3 is 25.4 Å². The number of nitrogens with one attached hydrogen (secondary N) is 2. The summed E-state index contributed by atoms with van der Waals surface area (Å²) in [6, 6.07) is 9.11. The minimum absolute atomic E-state index is 0.0569. The number of nitrogens with zero attached hydrogens (tertiary/aromatic N) is 2. The summed E-state index contributed by atoms with van der Waals surface area (Å²) < 4.78 is 4.39. The number of benzene rings is 1. The summed E-state index contributed by atoms with van der Waals surface area (Å²) in [5, 5.41) is 15.7. The van der Waals surface area contributed by atoms with Gasteiger partial charge in [0.2, 0.25) is 17.7 Å². The molecule has 3 N–H and O–H groups in total. The summed E-state index contributed by atoms with van der Waals surface area (Å²) in [6.07, 6.45) is 1.92. The van der Waals surface area contributed by atoms with E-state index in [2.05, 4.69) is 22.5 Å². The molecule has 3 amide bonds. The molecule has 2 bridgehead atoms. The number of rotatable bonds is 10. The van der Waals surface area contributed by atoms with Crippen LogP contribution >= 0.6 is 11.8 Å². The SMILES string of the molecule is C[C@]12CCC3(S1)C(C(=O)NCCN1CCOCC1)N(CCCO)C(=O)[C@@H]3[C@H]2C(=O)NCc1ccccc1. The topological polar surface area (TPSA) is 111 Å². The van der Waals surface area contributed by atoms with Crippen LogP contribution in [0.2, 0.25) is 0 Å². The number of morpholine rings is 1. The molecule has 4 fully saturated rings. The lowest BCUT2D eigenvalue weighted by Crippen LogP contribution is -2.55. The van der Waals surface area contributed by atoms with Crippen molar-refractivity contribution in [3.8, 4) is 0 Å². The largest absolute Gasteiger partial charge is 0.396 e. The Morgan fingerprint density at radius 2 is 1.86 bits per heavy atom. The lowest BCUT2D eigenvalue weighted by molar-refractivity contribution is -0.140. The van der Waals surface area contributed by atoms with Crippen molar-refractivity contribution in [2.24, 2.45) is 11.8 Å². The molecule has 4 aliphatic rings. The summed E-state index contributed by atoms with van der Waals surface area (Å²) in [4.78, 5) is 45.1. The van der Waals surface area contributed by atoms with E-state index < -0.39 is 27.4 Å². The molecule has 4 saturated heterocycles. The van der Waals surface area contributed by atoms with Crippen LogP contribution in [0.25, 0.3) is 0 Å². The molecule has 10 heteroatoms. The standard InChI is InChI=1S/C27H38N4O5S/c1-26-8-9-27(37-26)21(20(26)23(33)29-18-19-6-3-2-4-7-19)25(35)31(11-5-15-32)22(27)24(34)28-10-12-30-13-16-36-17-14-30/h2-4,6-7,20-22,32H,5,8-18H2,1H3,(H,28,34)(H,29,33)/t20-,21-,22?,26+,27?/m0/s1. The number of thioether (sulfide) groups is 1. The van der Waals surface area contributed by atoms with E-state index in [1.54, 1.807) is 16.7 Å². The first kappa shape index (κ1) is 26.5. The third kappa shape index (κ3) is 4.89. The van der Waals surface area contributed by atoms with Crippen molar-refractivity contribution in [1.29, 1.82) is 0 Å². The van der Waals surface area contributed by atoms with Gasteiger partial charge in [-0.1, -0.05) is 30.3 Å². The number of amides is 3. The van der Waals surface area contributed by atoms with Crippen molar-refractivity contribution in [3.05, 3.63) is 35.9 Å². The highest BCUT2D eigenvalue weighted by molar-refractivity contribution is 8.02. The van der Waals surface area contributed by atoms with E-state index >= 15 is 0 Å². The number of ether oxygens (including phenoxy) is 1. The maximum absolute atomic E-state index is 13.9. The predicted octanol–water partition coefficient (Wildman–Crippen LogP) is 0.615. The van der Waals surface area contributed by atoms with E-state index in [4.69, 9.17) is 4.74 Å². The van der Waals surface area contributed by atoms with Crippen LogP contribution in [0.15, 0.2) is 30.3 Å². The number of aliphatic hydroxyl groups excluding tert-OH is 1. The van der Waals surface area contributed by atoms with Crippen LogP contribution < -0.4 is 10.6 Å². The van der Waals surface area contributed by atoms with Gasteiger partial charge in [0, 0.05) is 50.6 Å². The van der Waals surface area contributed by atoms with Crippen molar-refractivity contribution < 1.29 is 24.2 Å². The highest BCUT2D eigenvalue weighted by Crippen LogP contribution is 2.71. The summed E-state index contributed by atoms with van der Waals surface area (Å²) in [5.41, 5.74) is 1.01. The minimum Gasteiger partial charge on any atom is -0.396 e. The zero-order valence-corrected chi connectivity index (χ0v) is 22.3. The van der Waals surface area contributed by atoms with Crippen LogP contribution in [-0.4, -0.2) is 101 Å². The molecule has 1 spiro atoms. The van der Waals surface area contributed by atoms with Gasteiger partial charge in [-0.25, -0.2) is 0 Å². The Labute approximate surface area is 222 Å². The lowest BCUT2D eigenvalue weighted by Gasteiger charge is -2.35. The molecule has 4 heterocycles. The number of hydrogen-bond acceptors (Lipinski definition) is 7. The van der Waals surface area contributed by atoms with E-state index in [1.165, 1.54) is 0 Å². The van der Waals surface area contributed by atoms with E-state index in [1.807, 2.05) is 30.3 Å². The van der Waals surface area contributed by atoms with Gasteiger partial charge >= 0.3 is 0 Å². The maximum atomic E-state index is 13.9. The van der Waals surface area contributed by atoms with E-state index in [9.17, 15) is 19.5 Å². The van der Waals surface area contributed by atoms with Crippen molar-refractivity contribution in [1.82, 2.24) is 20.4 Å². The van der Waals surface area contributed by atoms with E-state index in [0.717, 1.165) is 38.0 Å². The Morgan fingerprint density at radius 1 is 1.11 bits per heavy atom. The summed E-state index contributed by atoms with van der Waals surface area (Å²) in [6.45, 7) is 7.08. The quantitative estimate of drug-likeness (QED) is 0.407. The molecule has 0 aromatic heterocycles.